The van der Waals surface area contributed by atoms with E-state index in [1.54, 1.807) is 0 Å². The standard InChI is InChI=1S/C8H12N.CH4O4S/c1-7-4-8(2)6-9(3)5-7;1-5-6(2,3)4/h4-6H,1-3H3;1H3,(H,2,3,4)/q+1;/p-1. The molecule has 1 aromatic heterocycles. The van der Waals surface area contributed by atoms with Crippen LogP contribution in [-0.4, -0.2) is 20.1 Å². The maximum absolute atomic E-state index is 9.22. The Hall–Kier alpha value is -0.980. The van der Waals surface area contributed by atoms with Crippen molar-refractivity contribution in [2.75, 3.05) is 7.11 Å². The molecule has 0 unspecified atom stereocenters. The van der Waals surface area contributed by atoms with E-state index < -0.39 is 10.4 Å². The van der Waals surface area contributed by atoms with Crippen molar-refractivity contribution in [3.63, 3.8) is 0 Å². The molecule has 0 aromatic carbocycles. The Bertz CT molecular complexity index is 364. The van der Waals surface area contributed by atoms with Crippen molar-refractivity contribution in [1.29, 1.82) is 0 Å². The van der Waals surface area contributed by atoms with Gasteiger partial charge in [0.25, 0.3) is 0 Å². The number of hydrogen-bond donors (Lipinski definition) is 0. The predicted molar refractivity (Wildman–Crippen MR) is 53.8 cm³/mol. The summed E-state index contributed by atoms with van der Waals surface area (Å²) in [6.45, 7) is 4.21. The van der Waals surface area contributed by atoms with Gasteiger partial charge in [-0.2, -0.15) is 0 Å². The highest BCUT2D eigenvalue weighted by Crippen LogP contribution is 1.95. The minimum Gasteiger partial charge on any atom is -0.726 e. The van der Waals surface area contributed by atoms with Crippen LogP contribution in [-0.2, 0) is 21.6 Å². The van der Waals surface area contributed by atoms with Crippen molar-refractivity contribution < 1.29 is 21.7 Å². The summed E-state index contributed by atoms with van der Waals surface area (Å²) < 4.78 is 33.1. The van der Waals surface area contributed by atoms with Gasteiger partial charge >= 0.3 is 0 Å². The number of hydrogen-bond acceptors (Lipinski definition) is 4. The Kier molecular flexibility index (Phi) is 5.41. The third-order valence-corrected chi connectivity index (χ3v) is 1.88. The molecule has 0 bridgehead atoms. The molecule has 0 atom stereocenters. The van der Waals surface area contributed by atoms with Gasteiger partial charge in [-0.25, -0.2) is 13.0 Å². The molecule has 0 N–H and O–H groups in total. The number of pyridine rings is 1. The Balaban J connectivity index is 0.000000288. The van der Waals surface area contributed by atoms with E-state index in [2.05, 4.69) is 41.1 Å². The summed E-state index contributed by atoms with van der Waals surface area (Å²) in [6.07, 6.45) is 4.21. The first-order valence-corrected chi connectivity index (χ1v) is 5.53. The Morgan fingerprint density at radius 3 is 1.80 bits per heavy atom. The normalized spacial score (nSPS) is 10.5. The number of aryl methyl sites for hydroxylation is 3. The first-order valence-electron chi connectivity index (χ1n) is 4.19. The van der Waals surface area contributed by atoms with Gasteiger partial charge in [0.05, 0.1) is 7.11 Å². The van der Waals surface area contributed by atoms with Crippen molar-refractivity contribution in [1.82, 2.24) is 0 Å². The quantitative estimate of drug-likeness (QED) is 0.395. The van der Waals surface area contributed by atoms with Crippen LogP contribution < -0.4 is 4.57 Å². The summed E-state index contributed by atoms with van der Waals surface area (Å²) in [5, 5.41) is 0. The first-order chi connectivity index (χ1) is 6.74. The molecule has 5 nitrogen and oxygen atoms in total. The second kappa shape index (κ2) is 5.79. The van der Waals surface area contributed by atoms with Crippen LogP contribution in [0.3, 0.4) is 0 Å². The summed E-state index contributed by atoms with van der Waals surface area (Å²) in [6, 6.07) is 2.17. The lowest BCUT2D eigenvalue weighted by atomic mass is 10.2. The summed E-state index contributed by atoms with van der Waals surface area (Å²) in [7, 11) is -1.56. The van der Waals surface area contributed by atoms with Crippen LogP contribution in [0.1, 0.15) is 11.1 Å². The average Bonchev–Trinajstić information content (AvgIpc) is 2.01. The average molecular weight is 233 g/mol. The molecule has 0 aliphatic carbocycles. The molecule has 0 fully saturated rings. The largest absolute Gasteiger partial charge is 0.726 e. The highest BCUT2D eigenvalue weighted by atomic mass is 32.3. The van der Waals surface area contributed by atoms with Crippen LogP contribution in [0.15, 0.2) is 18.5 Å². The van der Waals surface area contributed by atoms with E-state index in [9.17, 15) is 13.0 Å². The van der Waals surface area contributed by atoms with Crippen LogP contribution in [0.25, 0.3) is 0 Å². The molecule has 0 radical (unpaired) electrons. The summed E-state index contributed by atoms with van der Waals surface area (Å²) in [5.41, 5.74) is 2.63. The lowest BCUT2D eigenvalue weighted by Gasteiger charge is -1.98. The number of rotatable bonds is 1. The van der Waals surface area contributed by atoms with Gasteiger partial charge in [0, 0.05) is 11.1 Å². The smallest absolute Gasteiger partial charge is 0.217 e. The second-order valence-corrected chi connectivity index (χ2v) is 4.28. The lowest BCUT2D eigenvalue weighted by molar-refractivity contribution is -0.672. The Morgan fingerprint density at radius 2 is 1.60 bits per heavy atom. The van der Waals surface area contributed by atoms with Gasteiger partial charge < -0.3 is 4.55 Å². The minimum atomic E-state index is -4.41. The van der Waals surface area contributed by atoms with Crippen molar-refractivity contribution in [3.05, 3.63) is 29.6 Å². The molecular weight excluding hydrogens is 218 g/mol. The van der Waals surface area contributed by atoms with Crippen molar-refractivity contribution in [2.45, 2.75) is 13.8 Å². The number of aromatic nitrogens is 1. The van der Waals surface area contributed by atoms with Gasteiger partial charge in [0.1, 0.15) is 7.05 Å². The Labute approximate surface area is 90.3 Å². The summed E-state index contributed by atoms with van der Waals surface area (Å²) >= 11 is 0. The minimum absolute atomic E-state index is 0.808. The zero-order valence-corrected chi connectivity index (χ0v) is 10.0. The molecule has 0 saturated heterocycles. The van der Waals surface area contributed by atoms with E-state index in [4.69, 9.17) is 0 Å². The van der Waals surface area contributed by atoms with E-state index in [-0.39, 0.29) is 0 Å². The molecule has 1 aromatic rings. The highest BCUT2D eigenvalue weighted by Gasteiger charge is 1.93. The Morgan fingerprint density at radius 1 is 1.27 bits per heavy atom. The molecular formula is C9H15NO4S. The molecule has 6 heteroatoms. The van der Waals surface area contributed by atoms with E-state index >= 15 is 0 Å². The van der Waals surface area contributed by atoms with E-state index in [1.807, 2.05) is 7.05 Å². The molecule has 0 spiro atoms. The third kappa shape index (κ3) is 8.04. The summed E-state index contributed by atoms with van der Waals surface area (Å²) in [5.74, 6) is 0. The monoisotopic (exact) mass is 233 g/mol. The fourth-order valence-corrected chi connectivity index (χ4v) is 1.11. The highest BCUT2D eigenvalue weighted by molar-refractivity contribution is 7.80. The van der Waals surface area contributed by atoms with Crippen LogP contribution >= 0.6 is 0 Å². The number of nitrogens with zero attached hydrogens (tertiary/aromatic N) is 1. The second-order valence-electron chi connectivity index (χ2n) is 3.13. The van der Waals surface area contributed by atoms with E-state index in [0.29, 0.717) is 0 Å². The molecule has 15 heavy (non-hydrogen) atoms. The van der Waals surface area contributed by atoms with Crippen molar-refractivity contribution in [2.24, 2.45) is 7.05 Å². The summed E-state index contributed by atoms with van der Waals surface area (Å²) in [4.78, 5) is 0. The van der Waals surface area contributed by atoms with Crippen molar-refractivity contribution >= 4 is 10.4 Å². The maximum atomic E-state index is 9.22. The van der Waals surface area contributed by atoms with Gasteiger partial charge in [0.15, 0.2) is 12.4 Å². The first kappa shape index (κ1) is 14.0. The molecule has 0 aliphatic rings. The fourth-order valence-electron chi connectivity index (χ4n) is 1.11. The van der Waals surface area contributed by atoms with Crippen LogP contribution in [0.2, 0.25) is 0 Å². The van der Waals surface area contributed by atoms with Gasteiger partial charge in [-0.15, -0.1) is 0 Å². The molecule has 1 heterocycles. The molecule has 0 amide bonds. The van der Waals surface area contributed by atoms with Gasteiger partial charge in [-0.1, -0.05) is 0 Å². The van der Waals surface area contributed by atoms with Crippen LogP contribution in [0, 0.1) is 13.8 Å². The van der Waals surface area contributed by atoms with Crippen LogP contribution in [0.5, 0.6) is 0 Å². The fraction of sp³-hybridized carbons (Fsp3) is 0.444. The van der Waals surface area contributed by atoms with Gasteiger partial charge in [0.2, 0.25) is 10.4 Å². The lowest BCUT2D eigenvalue weighted by Crippen LogP contribution is -2.27. The maximum Gasteiger partial charge on any atom is 0.217 e. The molecule has 0 aliphatic heterocycles. The SMILES string of the molecule is COS(=O)(=O)[O-].Cc1cc(C)c[n+](C)c1. The zero-order valence-electron chi connectivity index (χ0n) is 9.22. The molecule has 1 rings (SSSR count). The van der Waals surface area contributed by atoms with Crippen molar-refractivity contribution in [3.8, 4) is 0 Å². The third-order valence-electron chi connectivity index (χ3n) is 1.47. The molecule has 86 valence electrons. The van der Waals surface area contributed by atoms with Crippen LogP contribution in [0.4, 0.5) is 0 Å². The molecule has 0 saturated carbocycles. The predicted octanol–water partition coefficient (Wildman–Crippen LogP) is 0.221. The van der Waals surface area contributed by atoms with Gasteiger partial charge in [-0.3, -0.25) is 4.18 Å². The van der Waals surface area contributed by atoms with E-state index in [0.717, 1.165) is 7.11 Å². The topological polar surface area (TPSA) is 70.3 Å². The van der Waals surface area contributed by atoms with Gasteiger partial charge in [-0.05, 0) is 19.9 Å². The van der Waals surface area contributed by atoms with E-state index in [1.165, 1.54) is 11.1 Å². The zero-order chi connectivity index (χ0) is 12.1.